The van der Waals surface area contributed by atoms with Crippen LogP contribution in [0.2, 0.25) is 0 Å². The summed E-state index contributed by atoms with van der Waals surface area (Å²) in [4.78, 5) is 12.1. The molecule has 0 saturated carbocycles. The van der Waals surface area contributed by atoms with Crippen LogP contribution in [0.25, 0.3) is 11.3 Å². The molecule has 1 aliphatic rings. The molecule has 1 N–H and O–H groups in total. The number of hydrogen-bond donors (Lipinski definition) is 1. The fraction of sp³-hybridized carbons (Fsp3) is 0.286. The molecule has 2 aromatic heterocycles. The molecular weight excluding hydrogens is 470 g/mol. The number of benzene rings is 1. The summed E-state index contributed by atoms with van der Waals surface area (Å²) in [5.74, 6) is -1.27. The lowest BCUT2D eigenvalue weighted by Gasteiger charge is -2.25. The van der Waals surface area contributed by atoms with Crippen molar-refractivity contribution in [3.05, 3.63) is 75.3 Å². The fourth-order valence-corrected chi connectivity index (χ4v) is 3.66. The van der Waals surface area contributed by atoms with Crippen LogP contribution in [-0.2, 0) is 17.8 Å². The van der Waals surface area contributed by atoms with Crippen molar-refractivity contribution < 1.29 is 22.9 Å². The van der Waals surface area contributed by atoms with Crippen molar-refractivity contribution in [3.8, 4) is 5.69 Å². The summed E-state index contributed by atoms with van der Waals surface area (Å²) in [6.07, 6.45) is 3.70. The summed E-state index contributed by atoms with van der Waals surface area (Å²) in [5, 5.41) is 21.6. The molecule has 0 amide bonds. The molecule has 10 nitrogen and oxygen atoms in total. The summed E-state index contributed by atoms with van der Waals surface area (Å²) in [7, 11) is 1.44. The van der Waals surface area contributed by atoms with E-state index in [0.29, 0.717) is 43.1 Å². The van der Waals surface area contributed by atoms with Gasteiger partial charge >= 0.3 is 5.88 Å². The summed E-state index contributed by atoms with van der Waals surface area (Å²) in [5.41, 5.74) is 1.19. The smallest absolute Gasteiger partial charge is 0.433 e. The third-order valence-electron chi connectivity index (χ3n) is 5.25. The second-order valence-corrected chi connectivity index (χ2v) is 7.87. The number of thiocarbonyl (C=S) groups is 1. The van der Waals surface area contributed by atoms with Gasteiger partial charge in [-0.15, -0.1) is 5.10 Å². The van der Waals surface area contributed by atoms with Crippen molar-refractivity contribution in [1.29, 1.82) is 0 Å². The molecule has 13 heteroatoms. The van der Waals surface area contributed by atoms with E-state index in [1.165, 1.54) is 36.2 Å². The number of furan rings is 1. The van der Waals surface area contributed by atoms with Crippen LogP contribution in [-0.4, -0.2) is 50.2 Å². The van der Waals surface area contributed by atoms with E-state index in [1.807, 2.05) is 4.90 Å². The predicted octanol–water partition coefficient (Wildman–Crippen LogP) is 3.36. The van der Waals surface area contributed by atoms with E-state index in [0.717, 1.165) is 0 Å². The summed E-state index contributed by atoms with van der Waals surface area (Å²) >= 11 is 4.89. The van der Waals surface area contributed by atoms with Gasteiger partial charge in [0, 0.05) is 30.8 Å². The Morgan fingerprint density at radius 3 is 2.74 bits per heavy atom. The van der Waals surface area contributed by atoms with Gasteiger partial charge in [-0.05, 0) is 30.3 Å². The topological polar surface area (TPSA) is 111 Å². The molecule has 178 valence electrons. The van der Waals surface area contributed by atoms with E-state index in [1.54, 1.807) is 12.1 Å². The molecule has 0 bridgehead atoms. The number of aromatic nitrogens is 3. The number of halogens is 2. The highest BCUT2D eigenvalue weighted by Gasteiger charge is 2.22. The lowest BCUT2D eigenvalue weighted by Crippen LogP contribution is -2.28. The molecule has 3 aromatic rings. The van der Waals surface area contributed by atoms with Gasteiger partial charge in [0.1, 0.15) is 28.0 Å². The Labute approximate surface area is 197 Å². The minimum Gasteiger partial charge on any atom is -0.474 e. The van der Waals surface area contributed by atoms with Gasteiger partial charge in [-0.1, -0.05) is 11.3 Å². The number of rotatable bonds is 7. The second-order valence-electron chi connectivity index (χ2n) is 7.50. The minimum atomic E-state index is -0.702. The Balaban J connectivity index is 1.44. The largest absolute Gasteiger partial charge is 0.474 e. The van der Waals surface area contributed by atoms with E-state index in [9.17, 15) is 18.9 Å². The SMILES string of the molecule is COC(=S)NCc1cn(-c2cc(F)c(C3=CCN(Cc4ccc([N+](=O)[O-])o4)CC3)c(F)c2)nn1. The summed E-state index contributed by atoms with van der Waals surface area (Å²) in [6.45, 7) is 1.56. The number of nitrogens with zero attached hydrogens (tertiary/aromatic N) is 5. The number of hydrogen-bond acceptors (Lipinski definition) is 8. The third-order valence-corrected chi connectivity index (χ3v) is 5.56. The van der Waals surface area contributed by atoms with E-state index in [2.05, 4.69) is 15.6 Å². The van der Waals surface area contributed by atoms with Gasteiger partial charge in [-0.2, -0.15) is 0 Å². The van der Waals surface area contributed by atoms with Gasteiger partial charge in [0.2, 0.25) is 0 Å². The molecule has 0 spiro atoms. The lowest BCUT2D eigenvalue weighted by molar-refractivity contribution is -0.402. The first-order valence-electron chi connectivity index (χ1n) is 10.2. The predicted molar refractivity (Wildman–Crippen MR) is 121 cm³/mol. The zero-order valence-corrected chi connectivity index (χ0v) is 18.8. The van der Waals surface area contributed by atoms with Gasteiger partial charge in [0.15, 0.2) is 0 Å². The van der Waals surface area contributed by atoms with Gasteiger partial charge in [-0.3, -0.25) is 15.0 Å². The molecule has 0 unspecified atom stereocenters. The van der Waals surface area contributed by atoms with Crippen LogP contribution in [0, 0.1) is 21.7 Å². The zero-order valence-electron chi connectivity index (χ0n) is 18.0. The van der Waals surface area contributed by atoms with Crippen LogP contribution in [0.3, 0.4) is 0 Å². The number of ether oxygens (including phenoxy) is 1. The van der Waals surface area contributed by atoms with Crippen molar-refractivity contribution in [1.82, 2.24) is 25.2 Å². The van der Waals surface area contributed by atoms with E-state index >= 15 is 0 Å². The Morgan fingerprint density at radius 2 is 2.12 bits per heavy atom. The first-order valence-corrected chi connectivity index (χ1v) is 10.6. The van der Waals surface area contributed by atoms with Crippen LogP contribution < -0.4 is 5.32 Å². The first-order chi connectivity index (χ1) is 16.3. The van der Waals surface area contributed by atoms with Crippen molar-refractivity contribution in [2.45, 2.75) is 19.5 Å². The third kappa shape index (κ3) is 5.26. The molecule has 1 aliphatic heterocycles. The number of nitrogens with one attached hydrogen (secondary N) is 1. The first kappa shape index (κ1) is 23.4. The number of nitro groups is 1. The zero-order chi connectivity index (χ0) is 24.2. The highest BCUT2D eigenvalue weighted by atomic mass is 32.1. The summed E-state index contributed by atoms with van der Waals surface area (Å²) < 4.78 is 41.2. The van der Waals surface area contributed by atoms with Gasteiger partial charge in [0.25, 0.3) is 5.17 Å². The van der Waals surface area contributed by atoms with Crippen molar-refractivity contribution in [2.24, 2.45) is 0 Å². The van der Waals surface area contributed by atoms with Crippen molar-refractivity contribution >= 4 is 28.8 Å². The normalized spacial score (nSPS) is 14.0. The van der Waals surface area contributed by atoms with Crippen LogP contribution in [0.5, 0.6) is 0 Å². The van der Waals surface area contributed by atoms with Crippen LogP contribution >= 0.6 is 12.2 Å². The van der Waals surface area contributed by atoms with Gasteiger partial charge in [-0.25, -0.2) is 13.5 Å². The van der Waals surface area contributed by atoms with E-state index in [-0.39, 0.29) is 28.9 Å². The molecular formula is C21H20F2N6O4S. The average molecular weight is 490 g/mol. The average Bonchev–Trinajstić information content (AvgIpc) is 3.48. The molecule has 0 aliphatic carbocycles. The monoisotopic (exact) mass is 490 g/mol. The van der Waals surface area contributed by atoms with Crippen molar-refractivity contribution in [2.75, 3.05) is 20.2 Å². The second kappa shape index (κ2) is 10.1. The summed E-state index contributed by atoms with van der Waals surface area (Å²) in [6, 6.07) is 5.27. The minimum absolute atomic E-state index is 0.0792. The molecule has 4 rings (SSSR count). The highest BCUT2D eigenvalue weighted by Crippen LogP contribution is 2.30. The Morgan fingerprint density at radius 1 is 1.35 bits per heavy atom. The molecule has 34 heavy (non-hydrogen) atoms. The Hall–Kier alpha value is -3.71. The van der Waals surface area contributed by atoms with Gasteiger partial charge in [0.05, 0.1) is 38.1 Å². The van der Waals surface area contributed by atoms with Crippen LogP contribution in [0.1, 0.15) is 23.4 Å². The number of methoxy groups -OCH3 is 1. The molecule has 0 saturated heterocycles. The van der Waals surface area contributed by atoms with Crippen LogP contribution in [0.4, 0.5) is 14.7 Å². The molecule has 0 atom stereocenters. The quantitative estimate of drug-likeness (QED) is 0.303. The van der Waals surface area contributed by atoms with E-state index < -0.39 is 16.6 Å². The van der Waals surface area contributed by atoms with Crippen LogP contribution in [0.15, 0.2) is 41.0 Å². The van der Waals surface area contributed by atoms with Crippen molar-refractivity contribution in [3.63, 3.8) is 0 Å². The standard InChI is InChI=1S/C21H20F2N6O4S/c1-32-21(34)24-10-14-11-28(26-25-14)15-8-17(22)20(18(23)9-15)13-4-6-27(7-5-13)12-16-2-3-19(33-16)29(30)31/h2-4,8-9,11H,5-7,10,12H2,1H3,(H,24,34). The maximum Gasteiger partial charge on any atom is 0.433 e. The maximum atomic E-state index is 14.9. The molecule has 0 fully saturated rings. The van der Waals surface area contributed by atoms with Gasteiger partial charge < -0.3 is 14.5 Å². The molecule has 3 heterocycles. The molecule has 1 aromatic carbocycles. The lowest BCUT2D eigenvalue weighted by atomic mass is 9.98. The maximum absolute atomic E-state index is 14.9. The highest BCUT2D eigenvalue weighted by molar-refractivity contribution is 7.80. The Kier molecular flexibility index (Phi) is 6.93. The van der Waals surface area contributed by atoms with E-state index in [4.69, 9.17) is 21.4 Å². The molecule has 0 radical (unpaired) electrons. The fourth-order valence-electron chi connectivity index (χ4n) is 3.59. The Bertz CT molecular complexity index is 1230.